The molecule has 0 amide bonds. The summed E-state index contributed by atoms with van der Waals surface area (Å²) in [5, 5.41) is 8.99. The van der Waals surface area contributed by atoms with Crippen LogP contribution in [0.1, 0.15) is 0 Å². The number of rotatable bonds is 4. The van der Waals surface area contributed by atoms with Crippen molar-refractivity contribution >= 4 is 103 Å². The average Bonchev–Trinajstić information content (AvgIpc) is 3.93. The van der Waals surface area contributed by atoms with Crippen LogP contribution in [0, 0.1) is 0 Å². The summed E-state index contributed by atoms with van der Waals surface area (Å²) in [6.07, 6.45) is 0. The largest absolute Gasteiger partial charge is 0.310 e. The molecule has 4 heterocycles. The lowest BCUT2D eigenvalue weighted by Gasteiger charge is -2.26. The average molecular weight is 680 g/mol. The maximum absolute atomic E-state index is 2.47. The Kier molecular flexibility index (Phi) is 5.65. The van der Waals surface area contributed by atoms with E-state index in [9.17, 15) is 0 Å². The van der Waals surface area contributed by atoms with Crippen molar-refractivity contribution in [2.24, 2.45) is 0 Å². The van der Waals surface area contributed by atoms with E-state index in [0.29, 0.717) is 0 Å². The molecule has 0 unspecified atom stereocenters. The minimum atomic E-state index is 1.12. The second-order valence-corrected chi connectivity index (χ2v) is 14.8. The van der Waals surface area contributed by atoms with Gasteiger partial charge < -0.3 is 4.90 Å². The molecule has 4 aromatic heterocycles. The lowest BCUT2D eigenvalue weighted by Crippen LogP contribution is -2.10. The van der Waals surface area contributed by atoms with Gasteiger partial charge in [-0.1, -0.05) is 109 Å². The molecule has 0 atom stereocenters. The summed E-state index contributed by atoms with van der Waals surface area (Å²) in [5.74, 6) is 0. The van der Waals surface area contributed by atoms with E-state index in [1.54, 1.807) is 0 Å². The van der Waals surface area contributed by atoms with Crippen molar-refractivity contribution in [2.75, 3.05) is 4.90 Å². The lowest BCUT2D eigenvalue weighted by atomic mass is 9.98. The Hall–Kier alpha value is -6.62. The van der Waals surface area contributed by atoms with Crippen LogP contribution in [0.25, 0.3) is 85.9 Å². The first-order chi connectivity index (χ1) is 25.8. The molecule has 0 fully saturated rings. The van der Waals surface area contributed by atoms with Gasteiger partial charge in [-0.3, -0.25) is 8.80 Å². The number of benzene rings is 8. The molecule has 0 saturated carbocycles. The van der Waals surface area contributed by atoms with E-state index in [4.69, 9.17) is 0 Å². The van der Waals surface area contributed by atoms with Gasteiger partial charge >= 0.3 is 0 Å². The van der Waals surface area contributed by atoms with Crippen molar-refractivity contribution in [1.29, 1.82) is 0 Å². The van der Waals surface area contributed by atoms with E-state index < -0.39 is 0 Å². The molecule has 0 aliphatic rings. The summed E-state index contributed by atoms with van der Waals surface area (Å²) in [7, 11) is 0. The molecule has 0 radical (unpaired) electrons. The monoisotopic (exact) mass is 679 g/mol. The summed E-state index contributed by atoms with van der Waals surface area (Å²) in [4.78, 5) is 2.43. The SMILES string of the molecule is c1ccc2c(-c3ccc(N(c4ccc5sc6ccccc6c5c4)c4ccc5c6c7ccccc7n7c8ccccc8n(c5c4)c67)cc3)cccc2c1. The van der Waals surface area contributed by atoms with E-state index in [2.05, 4.69) is 190 Å². The normalized spacial score (nSPS) is 12.2. The number of hydrogen-bond acceptors (Lipinski definition) is 2. The van der Waals surface area contributed by atoms with Gasteiger partial charge in [0.25, 0.3) is 0 Å². The van der Waals surface area contributed by atoms with Crippen LogP contribution in [0.3, 0.4) is 0 Å². The Morgan fingerprint density at radius 2 is 0.981 bits per heavy atom. The third kappa shape index (κ3) is 3.79. The van der Waals surface area contributed by atoms with E-state index >= 15 is 0 Å². The van der Waals surface area contributed by atoms with Gasteiger partial charge in [-0.05, 0) is 88.6 Å². The van der Waals surface area contributed by atoms with Crippen molar-refractivity contribution in [3.63, 3.8) is 0 Å². The second kappa shape index (κ2) is 10.5. The Bertz CT molecular complexity index is 3350. The molecule has 242 valence electrons. The first-order valence-electron chi connectivity index (χ1n) is 17.8. The van der Waals surface area contributed by atoms with Gasteiger partial charge in [0.05, 0.1) is 22.1 Å². The molecule has 12 aromatic rings. The highest BCUT2D eigenvalue weighted by Gasteiger charge is 2.24. The fourth-order valence-corrected chi connectivity index (χ4v) is 9.86. The molecule has 52 heavy (non-hydrogen) atoms. The molecule has 0 aliphatic heterocycles. The van der Waals surface area contributed by atoms with E-state index in [-0.39, 0.29) is 0 Å². The topological polar surface area (TPSA) is 12.1 Å². The van der Waals surface area contributed by atoms with Crippen molar-refractivity contribution in [1.82, 2.24) is 8.80 Å². The van der Waals surface area contributed by atoms with Crippen LogP contribution < -0.4 is 4.90 Å². The van der Waals surface area contributed by atoms with Gasteiger partial charge in [-0.2, -0.15) is 0 Å². The number of aromatic nitrogens is 2. The Morgan fingerprint density at radius 3 is 1.83 bits per heavy atom. The Balaban J connectivity index is 1.11. The highest BCUT2D eigenvalue weighted by atomic mass is 32.1. The van der Waals surface area contributed by atoms with Crippen molar-refractivity contribution in [2.45, 2.75) is 0 Å². The first-order valence-corrected chi connectivity index (χ1v) is 18.6. The van der Waals surface area contributed by atoms with Crippen LogP contribution >= 0.6 is 11.3 Å². The predicted molar refractivity (Wildman–Crippen MR) is 223 cm³/mol. The highest BCUT2D eigenvalue weighted by molar-refractivity contribution is 7.25. The maximum Gasteiger partial charge on any atom is 0.131 e. The molecular weight excluding hydrogens is 651 g/mol. The highest BCUT2D eigenvalue weighted by Crippen LogP contribution is 2.45. The van der Waals surface area contributed by atoms with Gasteiger partial charge in [0.15, 0.2) is 0 Å². The zero-order valence-corrected chi connectivity index (χ0v) is 28.8. The molecule has 0 aliphatic carbocycles. The molecule has 4 heteroatoms. The summed E-state index contributed by atoms with van der Waals surface area (Å²) in [6.45, 7) is 0. The van der Waals surface area contributed by atoms with Gasteiger partial charge in [0.2, 0.25) is 0 Å². The summed E-state index contributed by atoms with van der Waals surface area (Å²) < 4.78 is 7.54. The number of hydrogen-bond donors (Lipinski definition) is 0. The summed E-state index contributed by atoms with van der Waals surface area (Å²) >= 11 is 1.86. The van der Waals surface area contributed by atoms with Crippen LogP contribution in [0.2, 0.25) is 0 Å². The number of nitrogens with zero attached hydrogens (tertiary/aromatic N) is 3. The molecule has 0 N–H and O–H groups in total. The van der Waals surface area contributed by atoms with Crippen LogP contribution in [-0.2, 0) is 0 Å². The van der Waals surface area contributed by atoms with Crippen LogP contribution in [-0.4, -0.2) is 8.80 Å². The minimum Gasteiger partial charge on any atom is -0.310 e. The predicted octanol–water partition coefficient (Wildman–Crippen LogP) is 13.7. The number of imidazole rings is 1. The van der Waals surface area contributed by atoms with E-state index in [1.165, 1.54) is 85.9 Å². The molecule has 3 nitrogen and oxygen atoms in total. The van der Waals surface area contributed by atoms with Gasteiger partial charge in [0.1, 0.15) is 5.65 Å². The Labute approximate surface area is 302 Å². The molecule has 0 bridgehead atoms. The van der Waals surface area contributed by atoms with Crippen molar-refractivity contribution in [3.8, 4) is 11.1 Å². The summed E-state index contributed by atoms with van der Waals surface area (Å²) in [6, 6.07) is 64.7. The molecule has 0 saturated heterocycles. The zero-order chi connectivity index (χ0) is 33.9. The van der Waals surface area contributed by atoms with Crippen molar-refractivity contribution in [3.05, 3.63) is 176 Å². The quantitative estimate of drug-likeness (QED) is 0.180. The second-order valence-electron chi connectivity index (χ2n) is 13.8. The van der Waals surface area contributed by atoms with Crippen LogP contribution in [0.4, 0.5) is 17.1 Å². The third-order valence-corrected chi connectivity index (χ3v) is 12.2. The standard InChI is InChI=1S/C48H29N3S/c1-2-12-35-30(10-1)11-9-15-36(35)31-20-22-32(23-21-31)49(33-25-27-46-40(28-33)37-13-4-8-19-45(37)52-46)34-24-26-39-44(29-34)51-43-18-7-6-17-42(43)50-41-16-5-3-14-38(41)47(39)48(50)51/h1-29H. The zero-order valence-electron chi connectivity index (χ0n) is 28.0. The summed E-state index contributed by atoms with van der Waals surface area (Å²) in [5.41, 5.74) is 12.0. The fraction of sp³-hybridized carbons (Fsp3) is 0. The number of thiophene rings is 1. The number of para-hydroxylation sites is 3. The number of fused-ring (bicyclic) bond motifs is 13. The molecule has 0 spiro atoms. The van der Waals surface area contributed by atoms with Gasteiger partial charge in [0, 0.05) is 53.4 Å². The van der Waals surface area contributed by atoms with Crippen molar-refractivity contribution < 1.29 is 0 Å². The minimum absolute atomic E-state index is 1.12. The smallest absolute Gasteiger partial charge is 0.131 e. The third-order valence-electron chi connectivity index (χ3n) is 11.0. The lowest BCUT2D eigenvalue weighted by molar-refractivity contribution is 1.27. The fourth-order valence-electron chi connectivity index (χ4n) is 8.77. The first kappa shape index (κ1) is 28.1. The Morgan fingerprint density at radius 1 is 0.385 bits per heavy atom. The molecule has 8 aromatic carbocycles. The van der Waals surface area contributed by atoms with Crippen LogP contribution in [0.5, 0.6) is 0 Å². The van der Waals surface area contributed by atoms with Crippen LogP contribution in [0.15, 0.2) is 176 Å². The maximum atomic E-state index is 2.47. The van der Waals surface area contributed by atoms with E-state index in [0.717, 1.165) is 17.1 Å². The van der Waals surface area contributed by atoms with Gasteiger partial charge in [-0.25, -0.2) is 0 Å². The van der Waals surface area contributed by atoms with E-state index in [1.807, 2.05) is 11.3 Å². The molecule has 12 rings (SSSR count). The molecular formula is C48H29N3S. The number of anilines is 3. The van der Waals surface area contributed by atoms with Gasteiger partial charge in [-0.15, -0.1) is 11.3 Å².